The second-order valence-corrected chi connectivity index (χ2v) is 7.30. The third-order valence-electron chi connectivity index (χ3n) is 5.36. The van der Waals surface area contributed by atoms with Gasteiger partial charge in [-0.1, -0.05) is 12.1 Å². The monoisotopic (exact) mass is 397 g/mol. The maximum absolute atomic E-state index is 12.7. The molecule has 0 aliphatic carbocycles. The van der Waals surface area contributed by atoms with Gasteiger partial charge in [-0.3, -0.25) is 9.69 Å². The molecule has 1 fully saturated rings. The first-order valence-electron chi connectivity index (χ1n) is 10.2. The minimum Gasteiger partial charge on any atom is -0.497 e. The number of methoxy groups -OCH3 is 1. The molecule has 1 aliphatic heterocycles. The largest absolute Gasteiger partial charge is 0.497 e. The fourth-order valence-electron chi connectivity index (χ4n) is 3.58. The van der Waals surface area contributed by atoms with Crippen LogP contribution in [0.5, 0.6) is 11.5 Å². The zero-order valence-corrected chi connectivity index (χ0v) is 17.6. The Hall–Kier alpha value is -2.57. The zero-order chi connectivity index (χ0) is 20.6. The van der Waals surface area contributed by atoms with Gasteiger partial charge in [0.1, 0.15) is 11.5 Å². The van der Waals surface area contributed by atoms with Crippen molar-refractivity contribution in [1.29, 1.82) is 0 Å². The number of hydrogen-bond donors (Lipinski definition) is 1. The SMILES string of the molecule is CCOc1ccc(C(=O)NCC(c2ccc(OC)cc2)N2CCN(C)CC2)cc1. The summed E-state index contributed by atoms with van der Waals surface area (Å²) < 4.78 is 10.7. The van der Waals surface area contributed by atoms with Crippen molar-refractivity contribution in [3.63, 3.8) is 0 Å². The summed E-state index contributed by atoms with van der Waals surface area (Å²) in [6.07, 6.45) is 0. The van der Waals surface area contributed by atoms with Crippen molar-refractivity contribution in [2.24, 2.45) is 0 Å². The molecule has 0 radical (unpaired) electrons. The maximum Gasteiger partial charge on any atom is 0.251 e. The molecule has 29 heavy (non-hydrogen) atoms. The molecule has 1 heterocycles. The van der Waals surface area contributed by atoms with Gasteiger partial charge in [-0.2, -0.15) is 0 Å². The molecule has 0 spiro atoms. The average Bonchev–Trinajstić information content (AvgIpc) is 2.76. The van der Waals surface area contributed by atoms with Crippen LogP contribution in [0.1, 0.15) is 28.9 Å². The summed E-state index contributed by atoms with van der Waals surface area (Å²) in [5, 5.41) is 3.12. The van der Waals surface area contributed by atoms with E-state index in [1.54, 1.807) is 19.2 Å². The molecule has 2 aromatic carbocycles. The van der Waals surface area contributed by atoms with E-state index < -0.39 is 0 Å². The van der Waals surface area contributed by atoms with Crippen LogP contribution in [0.25, 0.3) is 0 Å². The van der Waals surface area contributed by atoms with E-state index in [1.165, 1.54) is 5.56 Å². The molecule has 2 aromatic rings. The Labute approximate surface area is 173 Å². The number of nitrogens with zero attached hydrogens (tertiary/aromatic N) is 2. The molecule has 0 bridgehead atoms. The summed E-state index contributed by atoms with van der Waals surface area (Å²) in [6, 6.07) is 15.5. The van der Waals surface area contributed by atoms with E-state index in [4.69, 9.17) is 9.47 Å². The molecule has 1 aliphatic rings. The smallest absolute Gasteiger partial charge is 0.251 e. The highest BCUT2D eigenvalue weighted by Crippen LogP contribution is 2.24. The van der Waals surface area contributed by atoms with Gasteiger partial charge < -0.3 is 19.7 Å². The highest BCUT2D eigenvalue weighted by atomic mass is 16.5. The van der Waals surface area contributed by atoms with Crippen LogP contribution in [0.2, 0.25) is 0 Å². The first kappa shape index (κ1) is 21.1. The van der Waals surface area contributed by atoms with E-state index in [0.717, 1.165) is 37.7 Å². The summed E-state index contributed by atoms with van der Waals surface area (Å²) in [5.41, 5.74) is 1.82. The van der Waals surface area contributed by atoms with Gasteiger partial charge in [-0.05, 0) is 55.9 Å². The summed E-state index contributed by atoms with van der Waals surface area (Å²) in [7, 11) is 3.82. The summed E-state index contributed by atoms with van der Waals surface area (Å²) in [6.45, 7) is 7.12. The van der Waals surface area contributed by atoms with Gasteiger partial charge in [0.05, 0.1) is 19.8 Å². The Morgan fingerprint density at radius 2 is 1.62 bits per heavy atom. The van der Waals surface area contributed by atoms with Crippen molar-refractivity contribution in [3.05, 3.63) is 59.7 Å². The fraction of sp³-hybridized carbons (Fsp3) is 0.435. The lowest BCUT2D eigenvalue weighted by Crippen LogP contribution is -2.48. The van der Waals surface area contributed by atoms with E-state index in [1.807, 2.05) is 31.2 Å². The topological polar surface area (TPSA) is 54.0 Å². The number of nitrogens with one attached hydrogen (secondary N) is 1. The number of carbonyl (C=O) groups excluding carboxylic acids is 1. The van der Waals surface area contributed by atoms with Crippen LogP contribution in [-0.2, 0) is 0 Å². The standard InChI is InChI=1S/C23H31N3O3/c1-4-29-21-11-7-19(8-12-21)23(27)24-17-22(26-15-13-25(2)14-16-26)18-5-9-20(28-3)10-6-18/h5-12,22H,4,13-17H2,1-3H3,(H,24,27). The normalized spacial score (nSPS) is 16.2. The van der Waals surface area contributed by atoms with Crippen molar-refractivity contribution < 1.29 is 14.3 Å². The van der Waals surface area contributed by atoms with Crippen LogP contribution in [-0.4, -0.2) is 69.2 Å². The van der Waals surface area contributed by atoms with E-state index in [2.05, 4.69) is 34.3 Å². The number of hydrogen-bond acceptors (Lipinski definition) is 5. The summed E-state index contributed by atoms with van der Waals surface area (Å²) in [5.74, 6) is 1.54. The second kappa shape index (κ2) is 10.3. The van der Waals surface area contributed by atoms with Crippen molar-refractivity contribution >= 4 is 5.91 Å². The average molecular weight is 398 g/mol. The van der Waals surface area contributed by atoms with Crippen LogP contribution in [0, 0.1) is 0 Å². The third-order valence-corrected chi connectivity index (χ3v) is 5.36. The van der Waals surface area contributed by atoms with Gasteiger partial charge in [0, 0.05) is 38.3 Å². The first-order chi connectivity index (χ1) is 14.1. The van der Waals surface area contributed by atoms with Gasteiger partial charge in [-0.25, -0.2) is 0 Å². The Balaban J connectivity index is 1.69. The van der Waals surface area contributed by atoms with E-state index >= 15 is 0 Å². The van der Waals surface area contributed by atoms with Crippen molar-refractivity contribution in [2.45, 2.75) is 13.0 Å². The van der Waals surface area contributed by atoms with Crippen LogP contribution >= 0.6 is 0 Å². The molecule has 6 heteroatoms. The predicted octanol–water partition coefficient (Wildman–Crippen LogP) is 2.81. The molecule has 1 amide bonds. The lowest BCUT2D eigenvalue weighted by molar-refractivity contribution is 0.0886. The van der Waals surface area contributed by atoms with Crippen molar-refractivity contribution in [2.75, 3.05) is 53.5 Å². The number of ether oxygens (including phenoxy) is 2. The molecule has 0 saturated carbocycles. The van der Waals surface area contributed by atoms with Crippen molar-refractivity contribution in [1.82, 2.24) is 15.1 Å². The van der Waals surface area contributed by atoms with Crippen LogP contribution < -0.4 is 14.8 Å². The Morgan fingerprint density at radius 3 is 2.21 bits per heavy atom. The fourth-order valence-corrected chi connectivity index (χ4v) is 3.58. The predicted molar refractivity (Wildman–Crippen MR) is 115 cm³/mol. The molecular weight excluding hydrogens is 366 g/mol. The Morgan fingerprint density at radius 1 is 1.00 bits per heavy atom. The number of carbonyl (C=O) groups is 1. The van der Waals surface area contributed by atoms with Crippen molar-refractivity contribution in [3.8, 4) is 11.5 Å². The Bertz CT molecular complexity index is 769. The molecule has 0 aromatic heterocycles. The molecule has 1 N–H and O–H groups in total. The summed E-state index contributed by atoms with van der Waals surface area (Å²) in [4.78, 5) is 17.5. The lowest BCUT2D eigenvalue weighted by atomic mass is 10.0. The maximum atomic E-state index is 12.7. The molecule has 3 rings (SSSR count). The summed E-state index contributed by atoms with van der Waals surface area (Å²) >= 11 is 0. The Kier molecular flexibility index (Phi) is 7.49. The molecule has 1 unspecified atom stereocenters. The zero-order valence-electron chi connectivity index (χ0n) is 17.6. The second-order valence-electron chi connectivity index (χ2n) is 7.30. The first-order valence-corrected chi connectivity index (χ1v) is 10.2. The van der Waals surface area contributed by atoms with Gasteiger partial charge in [0.15, 0.2) is 0 Å². The quantitative estimate of drug-likeness (QED) is 0.742. The number of rotatable bonds is 8. The van der Waals surface area contributed by atoms with Gasteiger partial charge >= 0.3 is 0 Å². The molecule has 6 nitrogen and oxygen atoms in total. The highest BCUT2D eigenvalue weighted by molar-refractivity contribution is 5.94. The number of piperazine rings is 1. The number of benzene rings is 2. The van der Waals surface area contributed by atoms with Gasteiger partial charge in [-0.15, -0.1) is 0 Å². The number of amides is 1. The number of likely N-dealkylation sites (N-methyl/N-ethyl adjacent to an activating group) is 1. The van der Waals surface area contributed by atoms with Crippen LogP contribution in [0.4, 0.5) is 0 Å². The van der Waals surface area contributed by atoms with Crippen LogP contribution in [0.3, 0.4) is 0 Å². The van der Waals surface area contributed by atoms with Gasteiger partial charge in [0.25, 0.3) is 5.91 Å². The molecule has 156 valence electrons. The molecule has 1 atom stereocenters. The van der Waals surface area contributed by atoms with Crippen LogP contribution in [0.15, 0.2) is 48.5 Å². The molecule has 1 saturated heterocycles. The van der Waals surface area contributed by atoms with E-state index in [-0.39, 0.29) is 11.9 Å². The highest BCUT2D eigenvalue weighted by Gasteiger charge is 2.24. The van der Waals surface area contributed by atoms with E-state index in [0.29, 0.717) is 18.7 Å². The van der Waals surface area contributed by atoms with E-state index in [9.17, 15) is 4.79 Å². The van der Waals surface area contributed by atoms with Gasteiger partial charge in [0.2, 0.25) is 0 Å². The minimum absolute atomic E-state index is 0.0688. The minimum atomic E-state index is -0.0688. The molecular formula is C23H31N3O3. The third kappa shape index (κ3) is 5.71. The lowest BCUT2D eigenvalue weighted by Gasteiger charge is -2.38.